The highest BCUT2D eigenvalue weighted by Crippen LogP contribution is 2.29. The Bertz CT molecular complexity index is 631. The first-order valence-electron chi connectivity index (χ1n) is 5.47. The summed E-state index contributed by atoms with van der Waals surface area (Å²) >= 11 is 0. The minimum Gasteiger partial charge on any atom is -0.198 e. The van der Waals surface area contributed by atoms with Gasteiger partial charge in [0.1, 0.15) is 0 Å². The highest BCUT2D eigenvalue weighted by atomic mass is 14.4. The lowest BCUT2D eigenvalue weighted by molar-refractivity contribution is 0.629. The maximum absolute atomic E-state index is 9.24. The summed E-state index contributed by atoms with van der Waals surface area (Å²) in [6.07, 6.45) is 0.210. The third-order valence-electron chi connectivity index (χ3n) is 3.07. The van der Waals surface area contributed by atoms with E-state index in [9.17, 15) is 5.26 Å². The van der Waals surface area contributed by atoms with Gasteiger partial charge in [-0.05, 0) is 29.3 Å². The van der Waals surface area contributed by atoms with Crippen molar-refractivity contribution in [1.82, 2.24) is 0 Å². The highest BCUT2D eigenvalue weighted by Gasteiger charge is 2.26. The van der Waals surface area contributed by atoms with Crippen molar-refractivity contribution in [3.63, 3.8) is 0 Å². The van der Waals surface area contributed by atoms with Crippen molar-refractivity contribution in [1.29, 1.82) is 10.5 Å². The van der Waals surface area contributed by atoms with Gasteiger partial charge >= 0.3 is 0 Å². The lowest BCUT2D eigenvalue weighted by atomic mass is 9.81. The molecule has 0 heterocycles. The number of hydrogen-bond acceptors (Lipinski definition) is 2. The first-order valence-corrected chi connectivity index (χ1v) is 5.47. The van der Waals surface area contributed by atoms with Crippen LogP contribution in [-0.2, 0) is 5.41 Å². The van der Waals surface area contributed by atoms with E-state index in [4.69, 9.17) is 5.26 Å². The lowest BCUT2D eigenvalue weighted by Crippen LogP contribution is -2.18. The summed E-state index contributed by atoms with van der Waals surface area (Å²) in [6.45, 7) is 1.81. The van der Waals surface area contributed by atoms with E-state index in [0.29, 0.717) is 0 Å². The molecule has 0 aliphatic carbocycles. The van der Waals surface area contributed by atoms with Crippen LogP contribution in [0.1, 0.15) is 18.9 Å². The average Bonchev–Trinajstić information content (AvgIpc) is 2.38. The Hall–Kier alpha value is -2.32. The monoisotopic (exact) mass is 220 g/mol. The summed E-state index contributed by atoms with van der Waals surface area (Å²) in [5, 5.41) is 20.3. The van der Waals surface area contributed by atoms with Gasteiger partial charge in [-0.25, -0.2) is 0 Å². The third kappa shape index (κ3) is 1.98. The molecule has 0 aromatic heterocycles. The second kappa shape index (κ2) is 4.28. The second-order valence-electron chi connectivity index (χ2n) is 4.34. The van der Waals surface area contributed by atoms with Crippen molar-refractivity contribution in [3.8, 4) is 12.1 Å². The fraction of sp³-hybridized carbons (Fsp3) is 0.200. The highest BCUT2D eigenvalue weighted by molar-refractivity contribution is 5.83. The lowest BCUT2D eigenvalue weighted by Gasteiger charge is -2.18. The number of nitrogens with zero attached hydrogens (tertiary/aromatic N) is 2. The molecule has 0 saturated carbocycles. The molecule has 0 aliphatic heterocycles. The molecule has 0 bridgehead atoms. The SMILES string of the molecule is CC(C#N)(CC#N)c1ccc2ccccc2c1. The Balaban J connectivity index is 2.57. The largest absolute Gasteiger partial charge is 0.198 e. The van der Waals surface area contributed by atoms with Crippen molar-refractivity contribution in [2.75, 3.05) is 0 Å². The van der Waals surface area contributed by atoms with Crippen LogP contribution in [0.25, 0.3) is 10.8 Å². The molecular weight excluding hydrogens is 208 g/mol. The van der Waals surface area contributed by atoms with E-state index >= 15 is 0 Å². The van der Waals surface area contributed by atoms with Crippen molar-refractivity contribution in [3.05, 3.63) is 48.0 Å². The van der Waals surface area contributed by atoms with Gasteiger partial charge in [0.15, 0.2) is 0 Å². The predicted molar refractivity (Wildman–Crippen MR) is 67.1 cm³/mol. The topological polar surface area (TPSA) is 47.6 Å². The number of benzene rings is 2. The van der Waals surface area contributed by atoms with Gasteiger partial charge in [-0.15, -0.1) is 0 Å². The smallest absolute Gasteiger partial charge is 0.0923 e. The summed E-state index contributed by atoms with van der Waals surface area (Å²) in [4.78, 5) is 0. The van der Waals surface area contributed by atoms with Gasteiger partial charge in [0.2, 0.25) is 0 Å². The Morgan fingerprint density at radius 3 is 2.41 bits per heavy atom. The zero-order chi connectivity index (χ0) is 12.3. The second-order valence-corrected chi connectivity index (χ2v) is 4.34. The summed E-state index contributed by atoms with van der Waals surface area (Å²) in [7, 11) is 0. The molecule has 0 saturated heterocycles. The Morgan fingerprint density at radius 2 is 1.76 bits per heavy atom. The predicted octanol–water partition coefficient (Wildman–Crippen LogP) is 3.53. The number of hydrogen-bond donors (Lipinski definition) is 0. The minimum absolute atomic E-state index is 0.210. The van der Waals surface area contributed by atoms with Gasteiger partial charge < -0.3 is 0 Å². The molecule has 0 aliphatic rings. The van der Waals surface area contributed by atoms with Gasteiger partial charge in [-0.3, -0.25) is 0 Å². The molecule has 2 heteroatoms. The Morgan fingerprint density at radius 1 is 1.06 bits per heavy atom. The summed E-state index contributed by atoms with van der Waals surface area (Å²) < 4.78 is 0. The fourth-order valence-corrected chi connectivity index (χ4v) is 1.90. The minimum atomic E-state index is -0.723. The van der Waals surface area contributed by atoms with Crippen LogP contribution in [0.15, 0.2) is 42.5 Å². The maximum atomic E-state index is 9.24. The van der Waals surface area contributed by atoms with E-state index in [2.05, 4.69) is 12.1 Å². The molecule has 17 heavy (non-hydrogen) atoms. The molecule has 2 aromatic carbocycles. The van der Waals surface area contributed by atoms with Crippen LogP contribution >= 0.6 is 0 Å². The molecule has 0 amide bonds. The van der Waals surface area contributed by atoms with Gasteiger partial charge in [0, 0.05) is 0 Å². The summed E-state index contributed by atoms with van der Waals surface area (Å²) in [5.74, 6) is 0. The van der Waals surface area contributed by atoms with Crippen LogP contribution in [0, 0.1) is 22.7 Å². The Kier molecular flexibility index (Phi) is 2.81. The van der Waals surface area contributed by atoms with Gasteiger partial charge in [0.05, 0.1) is 24.0 Å². The van der Waals surface area contributed by atoms with Gasteiger partial charge in [-0.1, -0.05) is 36.4 Å². The molecular formula is C15H12N2. The van der Waals surface area contributed by atoms with E-state index < -0.39 is 5.41 Å². The van der Waals surface area contributed by atoms with Crippen LogP contribution in [0.5, 0.6) is 0 Å². The van der Waals surface area contributed by atoms with Crippen molar-refractivity contribution >= 4 is 10.8 Å². The third-order valence-corrected chi connectivity index (χ3v) is 3.07. The van der Waals surface area contributed by atoms with Gasteiger partial charge in [-0.2, -0.15) is 10.5 Å². The van der Waals surface area contributed by atoms with Crippen LogP contribution in [0.3, 0.4) is 0 Å². The molecule has 2 nitrogen and oxygen atoms in total. The van der Waals surface area contributed by atoms with E-state index in [1.54, 1.807) is 6.92 Å². The van der Waals surface area contributed by atoms with E-state index in [-0.39, 0.29) is 6.42 Å². The average molecular weight is 220 g/mol. The van der Waals surface area contributed by atoms with Crippen LogP contribution in [0.2, 0.25) is 0 Å². The molecule has 2 aromatic rings. The molecule has 0 fully saturated rings. The molecule has 1 atom stereocenters. The number of fused-ring (bicyclic) bond motifs is 1. The summed E-state index contributed by atoms with van der Waals surface area (Å²) in [6, 6.07) is 18.3. The molecule has 0 radical (unpaired) electrons. The standard InChI is InChI=1S/C15H12N2/c1-15(11-17,8-9-16)14-7-6-12-4-2-3-5-13(12)10-14/h2-7,10H,8H2,1H3. The van der Waals surface area contributed by atoms with Crippen LogP contribution < -0.4 is 0 Å². The molecule has 0 spiro atoms. The van der Waals surface area contributed by atoms with E-state index in [1.165, 1.54) is 0 Å². The van der Waals surface area contributed by atoms with Crippen LogP contribution in [0.4, 0.5) is 0 Å². The first kappa shape index (κ1) is 11.2. The molecule has 0 N–H and O–H groups in total. The van der Waals surface area contributed by atoms with Crippen molar-refractivity contribution < 1.29 is 0 Å². The Labute approximate surface area is 101 Å². The van der Waals surface area contributed by atoms with E-state index in [0.717, 1.165) is 16.3 Å². The molecule has 82 valence electrons. The quantitative estimate of drug-likeness (QED) is 0.777. The van der Waals surface area contributed by atoms with Crippen molar-refractivity contribution in [2.24, 2.45) is 0 Å². The zero-order valence-corrected chi connectivity index (χ0v) is 9.64. The van der Waals surface area contributed by atoms with E-state index in [1.807, 2.05) is 42.5 Å². The van der Waals surface area contributed by atoms with Crippen molar-refractivity contribution in [2.45, 2.75) is 18.8 Å². The number of nitriles is 2. The van der Waals surface area contributed by atoms with Crippen LogP contribution in [-0.4, -0.2) is 0 Å². The van der Waals surface area contributed by atoms with Gasteiger partial charge in [0.25, 0.3) is 0 Å². The summed E-state index contributed by atoms with van der Waals surface area (Å²) in [5.41, 5.74) is 0.180. The normalized spacial score (nSPS) is 13.6. The zero-order valence-electron chi connectivity index (χ0n) is 9.64. The molecule has 2 rings (SSSR count). The molecule has 1 unspecified atom stereocenters. The first-order chi connectivity index (χ1) is 8.19. The maximum Gasteiger partial charge on any atom is 0.0923 e. The number of rotatable bonds is 2. The fourth-order valence-electron chi connectivity index (χ4n) is 1.90.